The Morgan fingerprint density at radius 3 is 2.58 bits per heavy atom. The van der Waals surface area contributed by atoms with Crippen LogP contribution in [0.15, 0.2) is 62.9 Å². The lowest BCUT2D eigenvalue weighted by molar-refractivity contribution is -0.123. The molecule has 0 aromatic heterocycles. The van der Waals surface area contributed by atoms with Crippen LogP contribution in [-0.2, 0) is 22.6 Å². The predicted octanol–water partition coefficient (Wildman–Crippen LogP) is 3.50. The van der Waals surface area contributed by atoms with Crippen LogP contribution in [0, 0.1) is 5.92 Å². The molecule has 0 saturated heterocycles. The van der Waals surface area contributed by atoms with Crippen molar-refractivity contribution in [1.29, 1.82) is 0 Å². The summed E-state index contributed by atoms with van der Waals surface area (Å²) >= 11 is 0. The summed E-state index contributed by atoms with van der Waals surface area (Å²) in [6.07, 6.45) is 6.28. The number of nitrogens with two attached hydrogens (primary N) is 1. The number of methoxy groups -OCH3 is 2. The lowest BCUT2D eigenvalue weighted by atomic mass is 9.84. The van der Waals surface area contributed by atoms with Crippen LogP contribution in [0.5, 0.6) is 11.5 Å². The molecule has 11 nitrogen and oxygen atoms in total. The second kappa shape index (κ2) is 14.2. The summed E-state index contributed by atoms with van der Waals surface area (Å²) < 4.78 is 10.6. The van der Waals surface area contributed by atoms with Crippen LogP contribution in [0.4, 0.5) is 0 Å². The molecule has 1 heterocycles. The number of hydrogen-bond acceptors (Lipinski definition) is 8. The molecule has 2 aromatic rings. The van der Waals surface area contributed by atoms with Crippen LogP contribution in [-0.4, -0.2) is 50.3 Å². The molecule has 2 aromatic carbocycles. The van der Waals surface area contributed by atoms with E-state index in [1.54, 1.807) is 25.3 Å². The van der Waals surface area contributed by atoms with Gasteiger partial charge in [0.15, 0.2) is 17.5 Å². The van der Waals surface area contributed by atoms with E-state index in [-0.39, 0.29) is 24.2 Å². The highest BCUT2D eigenvalue weighted by Crippen LogP contribution is 2.29. The number of aliphatic imine (C=N–C) groups is 1. The first-order valence-electron chi connectivity index (χ1n) is 13.6. The van der Waals surface area contributed by atoms with Crippen molar-refractivity contribution in [2.45, 2.75) is 57.5 Å². The minimum Gasteiger partial charge on any atom is -0.493 e. The van der Waals surface area contributed by atoms with E-state index in [4.69, 9.17) is 15.2 Å². The second-order valence-corrected chi connectivity index (χ2v) is 10.0. The zero-order valence-electron chi connectivity index (χ0n) is 23.1. The minimum absolute atomic E-state index is 0.0677. The van der Waals surface area contributed by atoms with Gasteiger partial charge in [0, 0.05) is 12.1 Å². The second-order valence-electron chi connectivity index (χ2n) is 10.0. The maximum atomic E-state index is 13.3. The van der Waals surface area contributed by atoms with E-state index < -0.39 is 6.04 Å². The molecule has 0 spiro atoms. The van der Waals surface area contributed by atoms with Gasteiger partial charge in [0.25, 0.3) is 0 Å². The van der Waals surface area contributed by atoms with E-state index in [1.165, 1.54) is 13.5 Å². The molecule has 40 heavy (non-hydrogen) atoms. The van der Waals surface area contributed by atoms with Gasteiger partial charge in [-0.05, 0) is 46.9 Å². The summed E-state index contributed by atoms with van der Waals surface area (Å²) in [5.74, 6) is 0.862. The van der Waals surface area contributed by atoms with Crippen LogP contribution in [0.1, 0.15) is 55.2 Å². The van der Waals surface area contributed by atoms with Crippen molar-refractivity contribution in [3.8, 4) is 11.5 Å². The largest absolute Gasteiger partial charge is 0.493 e. The summed E-state index contributed by atoms with van der Waals surface area (Å²) in [5, 5.41) is 17.3. The number of nitrogens with zero attached hydrogens (tertiary/aromatic N) is 4. The number of amides is 2. The van der Waals surface area contributed by atoms with Gasteiger partial charge in [0.2, 0.25) is 11.8 Å². The quantitative estimate of drug-likeness (QED) is 0.290. The van der Waals surface area contributed by atoms with Crippen LogP contribution < -0.4 is 25.8 Å². The molecule has 1 aliphatic carbocycles. The molecule has 11 heteroatoms. The van der Waals surface area contributed by atoms with Gasteiger partial charge < -0.3 is 20.5 Å². The first-order chi connectivity index (χ1) is 19.4. The first kappa shape index (κ1) is 28.7. The fourth-order valence-corrected chi connectivity index (χ4v) is 5.05. The lowest BCUT2D eigenvalue weighted by Gasteiger charge is -2.24. The highest BCUT2D eigenvalue weighted by Gasteiger charge is 2.25. The molecule has 1 aliphatic heterocycles. The van der Waals surface area contributed by atoms with Crippen molar-refractivity contribution in [3.05, 3.63) is 59.2 Å². The average molecular weight is 548 g/mol. The number of guanidine groups is 1. The molecule has 1 atom stereocenters. The third-order valence-electron chi connectivity index (χ3n) is 7.14. The van der Waals surface area contributed by atoms with Gasteiger partial charge in [0.05, 0.1) is 26.4 Å². The van der Waals surface area contributed by atoms with E-state index in [9.17, 15) is 9.59 Å². The van der Waals surface area contributed by atoms with Gasteiger partial charge >= 0.3 is 0 Å². The molecular formula is C29H37N7O4. The van der Waals surface area contributed by atoms with Crippen LogP contribution in [0.2, 0.25) is 0 Å². The minimum atomic E-state index is -0.704. The summed E-state index contributed by atoms with van der Waals surface area (Å²) in [6.45, 7) is 0.779. The number of ether oxygens (including phenoxy) is 2. The molecule has 0 radical (unpaired) electrons. The standard InChI is InChI=1S/C29H37N7O4/c1-39-25-12-11-20(15-26(25)40-2)16-27(37)34-29(30)33-23(14-19-7-4-3-5-8-19)28(38)31-17-21-9-6-10-22(13-21)24-18-32-36-35-24/h6,9-13,15,19,23H,3-5,7-8,14,16-18H2,1-2H3,(H,31,38)(H3,30,33,34,37)/t23-/m1/s1. The SMILES string of the molecule is COc1ccc(CC(=O)NC(N)=N[C@H](CC2CCCCC2)C(=O)NCc2cccc(C3=NN=NC3)c2)cc1OC. The topological polar surface area (TPSA) is 152 Å². The van der Waals surface area contributed by atoms with Crippen molar-refractivity contribution in [3.63, 3.8) is 0 Å². The first-order valence-corrected chi connectivity index (χ1v) is 13.6. The highest BCUT2D eigenvalue weighted by molar-refractivity contribution is 6.02. The molecule has 4 N–H and O–H groups in total. The van der Waals surface area contributed by atoms with Crippen molar-refractivity contribution >= 4 is 23.5 Å². The summed E-state index contributed by atoms with van der Waals surface area (Å²) in [7, 11) is 3.09. The Bertz CT molecular complexity index is 1280. The van der Waals surface area contributed by atoms with Gasteiger partial charge in [-0.1, -0.05) is 56.4 Å². The van der Waals surface area contributed by atoms with Crippen LogP contribution in [0.3, 0.4) is 0 Å². The van der Waals surface area contributed by atoms with E-state index in [1.807, 2.05) is 24.3 Å². The molecule has 0 unspecified atom stereocenters. The smallest absolute Gasteiger partial charge is 0.245 e. The van der Waals surface area contributed by atoms with Crippen molar-refractivity contribution in [2.75, 3.05) is 20.8 Å². The Labute approximate surface area is 234 Å². The maximum Gasteiger partial charge on any atom is 0.245 e. The van der Waals surface area contributed by atoms with Gasteiger partial charge in [-0.3, -0.25) is 14.9 Å². The Hall–Kier alpha value is -4.28. The molecule has 2 aliphatic rings. The Morgan fingerprint density at radius 1 is 1.05 bits per heavy atom. The van der Waals surface area contributed by atoms with E-state index >= 15 is 0 Å². The van der Waals surface area contributed by atoms with Crippen molar-refractivity contribution in [1.82, 2.24) is 10.6 Å². The molecule has 4 rings (SSSR count). The number of rotatable bonds is 11. The summed E-state index contributed by atoms with van der Waals surface area (Å²) in [5.41, 5.74) is 9.51. The molecule has 212 valence electrons. The lowest BCUT2D eigenvalue weighted by Crippen LogP contribution is -2.42. The van der Waals surface area contributed by atoms with Crippen LogP contribution >= 0.6 is 0 Å². The zero-order chi connectivity index (χ0) is 28.3. The Morgan fingerprint density at radius 2 is 1.85 bits per heavy atom. The maximum absolute atomic E-state index is 13.3. The number of benzene rings is 2. The van der Waals surface area contributed by atoms with E-state index in [2.05, 4.69) is 31.1 Å². The van der Waals surface area contributed by atoms with E-state index in [0.717, 1.165) is 48.1 Å². The average Bonchev–Trinajstić information content (AvgIpc) is 3.51. The van der Waals surface area contributed by atoms with Gasteiger partial charge in [0.1, 0.15) is 12.6 Å². The third-order valence-corrected chi connectivity index (χ3v) is 7.14. The zero-order valence-corrected chi connectivity index (χ0v) is 23.1. The van der Waals surface area contributed by atoms with Crippen molar-refractivity contribution < 1.29 is 19.1 Å². The summed E-state index contributed by atoms with van der Waals surface area (Å²) in [4.78, 5) is 30.5. The Kier molecular flexibility index (Phi) is 10.2. The number of carbonyl (C=O) groups excluding carboxylic acids is 2. The normalized spacial score (nSPS) is 16.2. The van der Waals surface area contributed by atoms with Crippen LogP contribution in [0.25, 0.3) is 0 Å². The predicted molar refractivity (Wildman–Crippen MR) is 153 cm³/mol. The van der Waals surface area contributed by atoms with Gasteiger partial charge in [-0.2, -0.15) is 5.11 Å². The third kappa shape index (κ3) is 8.11. The van der Waals surface area contributed by atoms with Gasteiger partial charge in [-0.15, -0.1) is 5.10 Å². The molecule has 0 bridgehead atoms. The number of nitrogens with one attached hydrogen (secondary N) is 2. The fraction of sp³-hybridized carbons (Fsp3) is 0.448. The number of hydrogen-bond donors (Lipinski definition) is 3. The molecular weight excluding hydrogens is 510 g/mol. The van der Waals surface area contributed by atoms with Crippen molar-refractivity contribution in [2.24, 2.45) is 32.1 Å². The molecule has 1 fully saturated rings. The number of carbonyl (C=O) groups is 2. The molecule has 1 saturated carbocycles. The highest BCUT2D eigenvalue weighted by atomic mass is 16.5. The van der Waals surface area contributed by atoms with E-state index in [0.29, 0.717) is 36.9 Å². The molecule has 2 amide bonds. The monoisotopic (exact) mass is 547 g/mol. The summed E-state index contributed by atoms with van der Waals surface area (Å²) in [6, 6.07) is 12.3. The Balaban J connectivity index is 1.40. The van der Waals surface area contributed by atoms with Gasteiger partial charge in [-0.25, -0.2) is 4.99 Å². The fourth-order valence-electron chi connectivity index (χ4n) is 5.05.